The van der Waals surface area contributed by atoms with E-state index in [2.05, 4.69) is 51.7 Å². The summed E-state index contributed by atoms with van der Waals surface area (Å²) in [6.07, 6.45) is 0. The second-order valence-corrected chi connectivity index (χ2v) is 7.59. The predicted octanol–water partition coefficient (Wildman–Crippen LogP) is 2.74. The van der Waals surface area contributed by atoms with Gasteiger partial charge in [0, 0.05) is 18.5 Å². The minimum Gasteiger partial charge on any atom is -0.497 e. The summed E-state index contributed by atoms with van der Waals surface area (Å²) >= 11 is 1.72. The third kappa shape index (κ3) is 5.44. The lowest BCUT2D eigenvalue weighted by Gasteiger charge is -2.26. The zero-order valence-electron chi connectivity index (χ0n) is 16.5. The van der Waals surface area contributed by atoms with Crippen LogP contribution in [0.3, 0.4) is 0 Å². The normalized spacial score (nSPS) is 13.0. The summed E-state index contributed by atoms with van der Waals surface area (Å²) in [6.45, 7) is 5.55. The summed E-state index contributed by atoms with van der Waals surface area (Å²) in [5.41, 5.74) is 2.31. The van der Waals surface area contributed by atoms with E-state index in [4.69, 9.17) is 4.74 Å². The van der Waals surface area contributed by atoms with Crippen LogP contribution in [0.4, 0.5) is 0 Å². The fourth-order valence-corrected chi connectivity index (χ4v) is 3.62. The molecule has 7 heteroatoms. The van der Waals surface area contributed by atoms with Crippen molar-refractivity contribution in [3.8, 4) is 5.75 Å². The quantitative estimate of drug-likeness (QED) is 0.576. The Balaban J connectivity index is 1.96. The van der Waals surface area contributed by atoms with Gasteiger partial charge < -0.3 is 20.3 Å². The Hall–Kier alpha value is -2.12. The molecule has 0 bridgehead atoms. The number of aromatic nitrogens is 1. The van der Waals surface area contributed by atoms with Crippen molar-refractivity contribution in [3.05, 3.63) is 45.4 Å². The Bertz CT molecular complexity index is 724. The molecule has 0 spiro atoms. The van der Waals surface area contributed by atoms with E-state index in [1.807, 2.05) is 26.0 Å². The van der Waals surface area contributed by atoms with Crippen LogP contribution in [0.25, 0.3) is 0 Å². The Morgan fingerprint density at radius 2 is 1.92 bits per heavy atom. The van der Waals surface area contributed by atoms with E-state index in [1.165, 1.54) is 10.4 Å². The highest BCUT2D eigenvalue weighted by molar-refractivity contribution is 7.11. The molecule has 6 nitrogen and oxygen atoms in total. The number of benzene rings is 1. The second-order valence-electron chi connectivity index (χ2n) is 6.30. The average molecular weight is 376 g/mol. The summed E-state index contributed by atoms with van der Waals surface area (Å²) in [6, 6.07) is 8.42. The molecule has 1 aromatic heterocycles. The van der Waals surface area contributed by atoms with Crippen molar-refractivity contribution >= 4 is 17.3 Å². The van der Waals surface area contributed by atoms with Crippen LogP contribution in [0.15, 0.2) is 29.3 Å². The first-order valence-electron chi connectivity index (χ1n) is 8.62. The van der Waals surface area contributed by atoms with E-state index >= 15 is 0 Å². The van der Waals surface area contributed by atoms with Gasteiger partial charge in [-0.1, -0.05) is 12.1 Å². The molecule has 0 fully saturated rings. The van der Waals surface area contributed by atoms with Crippen LogP contribution in [0.2, 0.25) is 0 Å². The molecule has 2 aromatic rings. The highest BCUT2D eigenvalue weighted by Gasteiger charge is 2.15. The second kappa shape index (κ2) is 9.54. The van der Waals surface area contributed by atoms with E-state index in [0.717, 1.165) is 35.5 Å². The molecule has 0 aliphatic rings. The number of guanidine groups is 1. The molecule has 1 aromatic carbocycles. The van der Waals surface area contributed by atoms with Crippen molar-refractivity contribution in [2.24, 2.45) is 4.99 Å². The molecule has 0 saturated heterocycles. The predicted molar refractivity (Wildman–Crippen MR) is 109 cm³/mol. The van der Waals surface area contributed by atoms with Crippen LogP contribution in [-0.2, 0) is 6.54 Å². The van der Waals surface area contributed by atoms with Crippen molar-refractivity contribution in [1.82, 2.24) is 20.5 Å². The van der Waals surface area contributed by atoms with E-state index in [1.54, 1.807) is 25.5 Å². The summed E-state index contributed by atoms with van der Waals surface area (Å²) in [5.74, 6) is 1.66. The fourth-order valence-electron chi connectivity index (χ4n) is 2.74. The van der Waals surface area contributed by atoms with Gasteiger partial charge in [0.15, 0.2) is 5.96 Å². The first-order chi connectivity index (χ1) is 12.4. The van der Waals surface area contributed by atoms with Crippen LogP contribution in [0, 0.1) is 13.8 Å². The largest absolute Gasteiger partial charge is 0.497 e. The van der Waals surface area contributed by atoms with E-state index in [-0.39, 0.29) is 6.04 Å². The smallest absolute Gasteiger partial charge is 0.191 e. The molecule has 0 radical (unpaired) electrons. The number of likely N-dealkylation sites (N-methyl/N-ethyl adjacent to an activating group) is 1. The Morgan fingerprint density at radius 3 is 2.42 bits per heavy atom. The SMILES string of the molecule is CN=C(NCc1sc(C)nc1C)NCC(c1ccc(OC)cc1)N(C)C. The lowest BCUT2D eigenvalue weighted by molar-refractivity contribution is 0.298. The van der Waals surface area contributed by atoms with Crippen LogP contribution in [0.1, 0.15) is 27.2 Å². The summed E-state index contributed by atoms with van der Waals surface area (Å²) in [7, 11) is 7.63. The van der Waals surface area contributed by atoms with Gasteiger partial charge in [-0.25, -0.2) is 4.98 Å². The number of hydrogen-bond donors (Lipinski definition) is 2. The van der Waals surface area contributed by atoms with Crippen LogP contribution in [0.5, 0.6) is 5.75 Å². The molecular weight excluding hydrogens is 346 g/mol. The van der Waals surface area contributed by atoms with E-state index in [9.17, 15) is 0 Å². The maximum Gasteiger partial charge on any atom is 0.191 e. The average Bonchev–Trinajstić information content (AvgIpc) is 2.95. The molecule has 1 unspecified atom stereocenters. The number of aryl methyl sites for hydroxylation is 2. The molecule has 0 aliphatic carbocycles. The Morgan fingerprint density at radius 1 is 1.23 bits per heavy atom. The van der Waals surface area contributed by atoms with Crippen LogP contribution >= 0.6 is 11.3 Å². The Labute approximate surface area is 160 Å². The van der Waals surface area contributed by atoms with Gasteiger partial charge >= 0.3 is 0 Å². The van der Waals surface area contributed by atoms with Gasteiger partial charge in [0.1, 0.15) is 5.75 Å². The maximum absolute atomic E-state index is 5.25. The molecule has 0 amide bonds. The maximum atomic E-state index is 5.25. The number of ether oxygens (including phenoxy) is 1. The minimum atomic E-state index is 0.229. The van der Waals surface area contributed by atoms with E-state index in [0.29, 0.717) is 0 Å². The topological polar surface area (TPSA) is 61.8 Å². The van der Waals surface area contributed by atoms with Gasteiger partial charge in [-0.05, 0) is 45.6 Å². The summed E-state index contributed by atoms with van der Waals surface area (Å²) in [4.78, 5) is 12.2. The number of rotatable bonds is 7. The number of thiazole rings is 1. The number of aliphatic imine (C=N–C) groups is 1. The monoisotopic (exact) mass is 375 g/mol. The number of nitrogens with zero attached hydrogens (tertiary/aromatic N) is 3. The molecule has 1 heterocycles. The lowest BCUT2D eigenvalue weighted by atomic mass is 10.1. The van der Waals surface area contributed by atoms with Crippen molar-refractivity contribution in [2.75, 3.05) is 34.8 Å². The fraction of sp³-hybridized carbons (Fsp3) is 0.474. The van der Waals surface area contributed by atoms with Gasteiger partial charge in [0.05, 0.1) is 30.4 Å². The van der Waals surface area contributed by atoms with Gasteiger partial charge in [0.25, 0.3) is 0 Å². The number of nitrogens with one attached hydrogen (secondary N) is 2. The van der Waals surface area contributed by atoms with Crippen LogP contribution in [-0.4, -0.2) is 50.6 Å². The van der Waals surface area contributed by atoms with Gasteiger partial charge in [-0.15, -0.1) is 11.3 Å². The third-order valence-corrected chi connectivity index (χ3v) is 5.30. The van der Waals surface area contributed by atoms with E-state index < -0.39 is 0 Å². The zero-order valence-corrected chi connectivity index (χ0v) is 17.3. The van der Waals surface area contributed by atoms with Gasteiger partial charge in [-0.2, -0.15) is 0 Å². The summed E-state index contributed by atoms with van der Waals surface area (Å²) < 4.78 is 5.25. The minimum absolute atomic E-state index is 0.229. The van der Waals surface area contributed by atoms with Crippen molar-refractivity contribution in [1.29, 1.82) is 0 Å². The summed E-state index contributed by atoms with van der Waals surface area (Å²) in [5, 5.41) is 7.89. The van der Waals surface area contributed by atoms with Crippen molar-refractivity contribution in [3.63, 3.8) is 0 Å². The highest BCUT2D eigenvalue weighted by Crippen LogP contribution is 2.21. The molecule has 0 saturated carbocycles. The highest BCUT2D eigenvalue weighted by atomic mass is 32.1. The number of hydrogen-bond acceptors (Lipinski definition) is 5. The molecule has 2 rings (SSSR count). The number of methoxy groups -OCH3 is 1. The Kier molecular flexibility index (Phi) is 7.41. The molecule has 26 heavy (non-hydrogen) atoms. The standard InChI is InChI=1S/C19H29N5OS/c1-13-18(26-14(2)23-13)12-22-19(20-3)21-11-17(24(4)5)15-7-9-16(25-6)10-8-15/h7-10,17H,11-12H2,1-6H3,(H2,20,21,22). The molecule has 0 aliphatic heterocycles. The first-order valence-corrected chi connectivity index (χ1v) is 9.44. The first kappa shape index (κ1) is 20.2. The van der Waals surface area contributed by atoms with Gasteiger partial charge in [0.2, 0.25) is 0 Å². The molecular formula is C19H29N5OS. The van der Waals surface area contributed by atoms with Crippen LogP contribution < -0.4 is 15.4 Å². The molecule has 1 atom stereocenters. The lowest BCUT2D eigenvalue weighted by Crippen LogP contribution is -2.41. The molecule has 142 valence electrons. The zero-order chi connectivity index (χ0) is 19.1. The molecule has 2 N–H and O–H groups in total. The van der Waals surface area contributed by atoms with Crippen molar-refractivity contribution in [2.45, 2.75) is 26.4 Å². The van der Waals surface area contributed by atoms with Crippen molar-refractivity contribution < 1.29 is 4.74 Å². The van der Waals surface area contributed by atoms with Gasteiger partial charge in [-0.3, -0.25) is 4.99 Å². The third-order valence-electron chi connectivity index (χ3n) is 4.23.